The van der Waals surface area contributed by atoms with Crippen LogP contribution in [-0.2, 0) is 13.1 Å². The highest BCUT2D eigenvalue weighted by atomic mass is 16.2. The molecule has 0 unspecified atom stereocenters. The third-order valence-corrected chi connectivity index (χ3v) is 2.36. The number of urea groups is 1. The van der Waals surface area contributed by atoms with E-state index in [4.69, 9.17) is 0 Å². The van der Waals surface area contributed by atoms with Crippen molar-refractivity contribution in [3.8, 4) is 0 Å². The number of rotatable bonds is 4. The number of hydrogen-bond acceptors (Lipinski definition) is 4. The molecule has 0 saturated heterocycles. The Bertz CT molecular complexity index is 509. The van der Waals surface area contributed by atoms with E-state index in [9.17, 15) is 4.79 Å². The second-order valence-corrected chi connectivity index (χ2v) is 3.58. The lowest BCUT2D eigenvalue weighted by Crippen LogP contribution is -2.29. The first-order chi connectivity index (χ1) is 8.79. The van der Waals surface area contributed by atoms with Crippen LogP contribution in [0.2, 0.25) is 0 Å². The van der Waals surface area contributed by atoms with Gasteiger partial charge in [0.05, 0.1) is 18.4 Å². The Morgan fingerprint density at radius 1 is 1.50 bits per heavy atom. The Balaban J connectivity index is 1.85. The molecule has 0 saturated carbocycles. The Labute approximate surface area is 104 Å². The molecule has 7 nitrogen and oxygen atoms in total. The van der Waals surface area contributed by atoms with Crippen molar-refractivity contribution in [2.75, 3.05) is 5.32 Å². The minimum absolute atomic E-state index is 0.298. The van der Waals surface area contributed by atoms with Gasteiger partial charge in [0.25, 0.3) is 0 Å². The summed E-state index contributed by atoms with van der Waals surface area (Å²) in [6.45, 7) is 3.09. The van der Waals surface area contributed by atoms with E-state index in [0.717, 1.165) is 12.4 Å². The van der Waals surface area contributed by atoms with Gasteiger partial charge in [-0.2, -0.15) is 0 Å². The summed E-state index contributed by atoms with van der Waals surface area (Å²) in [6.07, 6.45) is 4.86. The molecular formula is C11H14N6O. The van der Waals surface area contributed by atoms with Crippen molar-refractivity contribution in [2.45, 2.75) is 20.0 Å². The maximum Gasteiger partial charge on any atom is 0.319 e. The van der Waals surface area contributed by atoms with Crippen LogP contribution in [0.1, 0.15) is 12.7 Å². The molecule has 94 valence electrons. The molecule has 2 aromatic rings. The van der Waals surface area contributed by atoms with Crippen molar-refractivity contribution >= 4 is 11.7 Å². The number of nitrogens with zero attached hydrogens (tertiary/aromatic N) is 4. The maximum atomic E-state index is 11.6. The molecule has 0 aliphatic heterocycles. The second kappa shape index (κ2) is 5.76. The highest BCUT2D eigenvalue weighted by molar-refractivity contribution is 5.88. The fourth-order valence-electron chi connectivity index (χ4n) is 1.45. The predicted molar refractivity (Wildman–Crippen MR) is 65.8 cm³/mol. The first-order valence-electron chi connectivity index (χ1n) is 5.61. The van der Waals surface area contributed by atoms with Gasteiger partial charge in [-0.05, 0) is 19.1 Å². The van der Waals surface area contributed by atoms with Gasteiger partial charge in [0.15, 0.2) is 5.82 Å². The van der Waals surface area contributed by atoms with E-state index < -0.39 is 0 Å². The molecule has 0 aliphatic rings. The number of nitrogens with one attached hydrogen (secondary N) is 2. The van der Waals surface area contributed by atoms with Gasteiger partial charge in [0.2, 0.25) is 0 Å². The molecule has 0 atom stereocenters. The van der Waals surface area contributed by atoms with Crippen LogP contribution >= 0.6 is 0 Å². The molecule has 2 rings (SSSR count). The molecule has 2 aromatic heterocycles. The van der Waals surface area contributed by atoms with E-state index in [1.54, 1.807) is 30.9 Å². The largest absolute Gasteiger partial charge is 0.331 e. The molecule has 2 N–H and O–H groups in total. The van der Waals surface area contributed by atoms with E-state index in [2.05, 4.69) is 25.8 Å². The lowest BCUT2D eigenvalue weighted by Gasteiger charge is -2.07. The van der Waals surface area contributed by atoms with Crippen LogP contribution in [0, 0.1) is 0 Å². The number of aromatic nitrogens is 4. The predicted octanol–water partition coefficient (Wildman–Crippen LogP) is 1.01. The van der Waals surface area contributed by atoms with E-state index in [1.165, 1.54) is 0 Å². The fraction of sp³-hybridized carbons (Fsp3) is 0.273. The highest BCUT2D eigenvalue weighted by Crippen LogP contribution is 2.02. The summed E-state index contributed by atoms with van der Waals surface area (Å²) in [5, 5.41) is 13.1. The number of aryl methyl sites for hydroxylation is 1. The van der Waals surface area contributed by atoms with E-state index in [0.29, 0.717) is 12.2 Å². The van der Waals surface area contributed by atoms with Crippen molar-refractivity contribution in [2.24, 2.45) is 0 Å². The van der Waals surface area contributed by atoms with Gasteiger partial charge in [-0.3, -0.25) is 4.98 Å². The fourth-order valence-corrected chi connectivity index (χ4v) is 1.45. The summed E-state index contributed by atoms with van der Waals surface area (Å²) < 4.78 is 1.87. The summed E-state index contributed by atoms with van der Waals surface area (Å²) in [5.74, 6) is 0.721. The van der Waals surface area contributed by atoms with Gasteiger partial charge in [0.1, 0.15) is 6.33 Å². The zero-order valence-corrected chi connectivity index (χ0v) is 10.00. The lowest BCUT2D eigenvalue weighted by atomic mass is 10.4. The number of carbonyl (C=O) groups is 1. The summed E-state index contributed by atoms with van der Waals surface area (Å²) >= 11 is 0. The van der Waals surface area contributed by atoms with Crippen molar-refractivity contribution in [1.29, 1.82) is 0 Å². The average molecular weight is 246 g/mol. The SMILES string of the molecule is CCn1cnnc1CNC(=O)Nc1cccnc1. The normalized spacial score (nSPS) is 10.1. The smallest absolute Gasteiger partial charge is 0.319 e. The monoisotopic (exact) mass is 246 g/mol. The molecule has 0 radical (unpaired) electrons. The quantitative estimate of drug-likeness (QED) is 0.843. The molecule has 0 spiro atoms. The molecule has 7 heteroatoms. The van der Waals surface area contributed by atoms with Crippen molar-refractivity contribution in [3.63, 3.8) is 0 Å². The van der Waals surface area contributed by atoms with Crippen molar-refractivity contribution in [3.05, 3.63) is 36.7 Å². The minimum atomic E-state index is -0.298. The number of carbonyl (C=O) groups excluding carboxylic acids is 1. The number of anilines is 1. The number of pyridine rings is 1. The summed E-state index contributed by atoms with van der Waals surface area (Å²) in [5.41, 5.74) is 0.645. The Morgan fingerprint density at radius 2 is 2.39 bits per heavy atom. The van der Waals surface area contributed by atoms with Gasteiger partial charge >= 0.3 is 6.03 Å². The van der Waals surface area contributed by atoms with Crippen LogP contribution in [0.5, 0.6) is 0 Å². The molecule has 2 amide bonds. The van der Waals surface area contributed by atoms with Crippen LogP contribution in [0.4, 0.5) is 10.5 Å². The molecule has 0 aliphatic carbocycles. The number of amides is 2. The van der Waals surface area contributed by atoms with Crippen LogP contribution < -0.4 is 10.6 Å². The summed E-state index contributed by atoms with van der Waals surface area (Å²) in [7, 11) is 0. The topological polar surface area (TPSA) is 84.7 Å². The molecule has 0 fully saturated rings. The third-order valence-electron chi connectivity index (χ3n) is 2.36. The lowest BCUT2D eigenvalue weighted by molar-refractivity contribution is 0.251. The Hall–Kier alpha value is -2.44. The average Bonchev–Trinajstić information content (AvgIpc) is 2.85. The van der Waals surface area contributed by atoms with Crippen LogP contribution in [0.15, 0.2) is 30.9 Å². The Kier molecular flexibility index (Phi) is 3.85. The van der Waals surface area contributed by atoms with Gasteiger partial charge in [0, 0.05) is 12.7 Å². The van der Waals surface area contributed by atoms with Crippen molar-refractivity contribution in [1.82, 2.24) is 25.1 Å². The second-order valence-electron chi connectivity index (χ2n) is 3.58. The van der Waals surface area contributed by atoms with E-state index >= 15 is 0 Å². The third kappa shape index (κ3) is 3.03. The van der Waals surface area contributed by atoms with E-state index in [1.807, 2.05) is 11.5 Å². The van der Waals surface area contributed by atoms with Gasteiger partial charge in [-0.15, -0.1) is 10.2 Å². The maximum absolute atomic E-state index is 11.6. The molecule has 2 heterocycles. The minimum Gasteiger partial charge on any atom is -0.331 e. The summed E-state index contributed by atoms with van der Waals surface area (Å²) in [4.78, 5) is 15.5. The van der Waals surface area contributed by atoms with E-state index in [-0.39, 0.29) is 6.03 Å². The first kappa shape index (κ1) is 12.0. The van der Waals surface area contributed by atoms with Crippen LogP contribution in [0.25, 0.3) is 0 Å². The standard InChI is InChI=1S/C11H14N6O/c1-2-17-8-14-16-10(17)7-13-11(18)15-9-4-3-5-12-6-9/h3-6,8H,2,7H2,1H3,(H2,13,15,18). The van der Waals surface area contributed by atoms with Gasteiger partial charge in [-0.1, -0.05) is 0 Å². The first-order valence-corrected chi connectivity index (χ1v) is 5.61. The van der Waals surface area contributed by atoms with Gasteiger partial charge in [-0.25, -0.2) is 4.79 Å². The van der Waals surface area contributed by atoms with Crippen LogP contribution in [-0.4, -0.2) is 25.8 Å². The van der Waals surface area contributed by atoms with Gasteiger partial charge < -0.3 is 15.2 Å². The number of hydrogen-bond donors (Lipinski definition) is 2. The molecular weight excluding hydrogens is 232 g/mol. The molecule has 0 bridgehead atoms. The highest BCUT2D eigenvalue weighted by Gasteiger charge is 2.05. The molecule has 0 aromatic carbocycles. The van der Waals surface area contributed by atoms with Crippen molar-refractivity contribution < 1.29 is 4.79 Å². The summed E-state index contributed by atoms with van der Waals surface area (Å²) in [6, 6.07) is 3.22. The zero-order chi connectivity index (χ0) is 12.8. The zero-order valence-electron chi connectivity index (χ0n) is 10.00. The Morgan fingerprint density at radius 3 is 3.11 bits per heavy atom. The molecule has 18 heavy (non-hydrogen) atoms. The van der Waals surface area contributed by atoms with Crippen LogP contribution in [0.3, 0.4) is 0 Å².